The lowest BCUT2D eigenvalue weighted by molar-refractivity contribution is -0.144. The van der Waals surface area contributed by atoms with Crippen molar-refractivity contribution in [1.82, 2.24) is 25.2 Å². The number of carbonyl (C=O) groups is 2. The van der Waals surface area contributed by atoms with Crippen LogP contribution in [-0.4, -0.2) is 62.6 Å². The predicted molar refractivity (Wildman–Crippen MR) is 114 cm³/mol. The van der Waals surface area contributed by atoms with E-state index in [1.165, 1.54) is 16.6 Å². The number of likely N-dealkylation sites (tertiary alicyclic amines) is 1. The molecule has 1 aromatic carbocycles. The Bertz CT molecular complexity index is 936. The van der Waals surface area contributed by atoms with Gasteiger partial charge in [0.25, 0.3) is 0 Å². The number of nitrogens with zero attached hydrogens (tertiary/aromatic N) is 4. The number of likely N-dealkylation sites (N-methyl/N-ethyl adjacent to an activating group) is 1. The van der Waals surface area contributed by atoms with Crippen LogP contribution in [0, 0.1) is 5.41 Å². The number of aromatic nitrogens is 3. The van der Waals surface area contributed by atoms with Crippen LogP contribution in [-0.2, 0) is 9.59 Å². The van der Waals surface area contributed by atoms with Gasteiger partial charge in [-0.3, -0.25) is 9.59 Å². The quantitative estimate of drug-likeness (QED) is 0.740. The van der Waals surface area contributed by atoms with E-state index in [4.69, 9.17) is 23.2 Å². The second kappa shape index (κ2) is 8.53. The van der Waals surface area contributed by atoms with Crippen molar-refractivity contribution in [3.05, 3.63) is 34.4 Å². The number of hydrogen-bond donors (Lipinski definition) is 2. The summed E-state index contributed by atoms with van der Waals surface area (Å²) >= 11 is 12.6. The lowest BCUT2D eigenvalue weighted by Crippen LogP contribution is -2.49. The SMILES string of the molecule is CNC(=O)[C@@H]1C[C@@H](O)CN1C(=O)[C@@H](n1cc(-c2c(Cl)cccc2Cl)nn1)C(C)(C)C. The van der Waals surface area contributed by atoms with Gasteiger partial charge in [-0.2, -0.15) is 0 Å². The largest absolute Gasteiger partial charge is 0.391 e. The van der Waals surface area contributed by atoms with Gasteiger partial charge in [0.05, 0.1) is 22.3 Å². The van der Waals surface area contributed by atoms with E-state index < -0.39 is 23.6 Å². The Morgan fingerprint density at radius 3 is 2.47 bits per heavy atom. The molecule has 2 aromatic rings. The zero-order valence-electron chi connectivity index (χ0n) is 17.3. The molecule has 8 nitrogen and oxygen atoms in total. The Morgan fingerprint density at radius 1 is 1.27 bits per heavy atom. The first kappa shape index (κ1) is 22.5. The summed E-state index contributed by atoms with van der Waals surface area (Å²) in [5.74, 6) is -0.621. The van der Waals surface area contributed by atoms with Crippen LogP contribution in [0.4, 0.5) is 0 Å². The van der Waals surface area contributed by atoms with Crippen molar-refractivity contribution < 1.29 is 14.7 Å². The van der Waals surface area contributed by atoms with Gasteiger partial charge >= 0.3 is 0 Å². The molecule has 10 heteroatoms. The summed E-state index contributed by atoms with van der Waals surface area (Å²) in [4.78, 5) is 27.2. The lowest BCUT2D eigenvalue weighted by atomic mass is 9.85. The average Bonchev–Trinajstić information content (AvgIpc) is 3.27. The third-order valence-corrected chi connectivity index (χ3v) is 5.79. The monoisotopic (exact) mass is 453 g/mol. The fourth-order valence-electron chi connectivity index (χ4n) is 3.77. The molecule has 3 atom stereocenters. The van der Waals surface area contributed by atoms with Gasteiger partial charge in [0.15, 0.2) is 0 Å². The Labute approximate surface area is 185 Å². The summed E-state index contributed by atoms with van der Waals surface area (Å²) in [6, 6.07) is 3.65. The molecule has 0 aliphatic carbocycles. The van der Waals surface area contributed by atoms with Crippen LogP contribution in [0.1, 0.15) is 33.2 Å². The average molecular weight is 454 g/mol. The van der Waals surface area contributed by atoms with Gasteiger partial charge in [-0.15, -0.1) is 5.10 Å². The van der Waals surface area contributed by atoms with Crippen molar-refractivity contribution in [2.24, 2.45) is 5.41 Å². The van der Waals surface area contributed by atoms with E-state index in [1.54, 1.807) is 24.4 Å². The summed E-state index contributed by atoms with van der Waals surface area (Å²) < 4.78 is 1.48. The smallest absolute Gasteiger partial charge is 0.248 e. The van der Waals surface area contributed by atoms with Crippen LogP contribution in [0.25, 0.3) is 11.3 Å². The summed E-state index contributed by atoms with van der Waals surface area (Å²) in [5.41, 5.74) is 0.427. The fourth-order valence-corrected chi connectivity index (χ4v) is 4.36. The van der Waals surface area contributed by atoms with Crippen LogP contribution < -0.4 is 5.32 Å². The zero-order valence-corrected chi connectivity index (χ0v) is 18.8. The summed E-state index contributed by atoms with van der Waals surface area (Å²) in [6.07, 6.45) is 1.06. The predicted octanol–water partition coefficient (Wildman–Crippen LogP) is 2.55. The maximum atomic E-state index is 13.5. The molecule has 3 rings (SSSR count). The van der Waals surface area contributed by atoms with Crippen LogP contribution in [0.15, 0.2) is 24.4 Å². The van der Waals surface area contributed by atoms with Gasteiger partial charge in [-0.1, -0.05) is 55.3 Å². The minimum absolute atomic E-state index is 0.0847. The number of rotatable bonds is 4. The van der Waals surface area contributed by atoms with Gasteiger partial charge in [-0.25, -0.2) is 4.68 Å². The third kappa shape index (κ3) is 4.31. The zero-order chi connectivity index (χ0) is 22.2. The van der Waals surface area contributed by atoms with E-state index in [1.807, 2.05) is 20.8 Å². The molecular weight excluding hydrogens is 429 g/mol. The summed E-state index contributed by atoms with van der Waals surface area (Å²) in [5, 5.41) is 21.9. The molecular formula is C20H25Cl2N5O3. The van der Waals surface area contributed by atoms with Gasteiger partial charge in [0.2, 0.25) is 11.8 Å². The van der Waals surface area contributed by atoms with E-state index in [2.05, 4.69) is 15.6 Å². The molecule has 1 aliphatic heterocycles. The standard InChI is InChI=1S/C20H25Cl2N5O3/c1-20(2,3)17(19(30)26-9-11(28)8-15(26)18(29)23-4)27-10-14(24-25-27)16-12(21)6-5-7-13(16)22/h5-7,10-11,15,17,28H,8-9H2,1-4H3,(H,23,29)/t11-,15+,17-/m1/s1. The number of β-amino-alcohol motifs (C(OH)–C–C–N with tert-alkyl or cyclic N) is 1. The second-order valence-electron chi connectivity index (χ2n) is 8.46. The fraction of sp³-hybridized carbons (Fsp3) is 0.500. The molecule has 0 radical (unpaired) electrons. The lowest BCUT2D eigenvalue weighted by Gasteiger charge is -2.34. The number of carbonyl (C=O) groups excluding carboxylic acids is 2. The minimum Gasteiger partial charge on any atom is -0.391 e. The second-order valence-corrected chi connectivity index (χ2v) is 9.27. The number of benzene rings is 1. The molecule has 1 fully saturated rings. The van der Waals surface area contributed by atoms with Gasteiger partial charge in [0.1, 0.15) is 17.8 Å². The molecule has 1 aliphatic rings. The van der Waals surface area contributed by atoms with E-state index in [0.717, 1.165) is 0 Å². The first-order valence-corrected chi connectivity index (χ1v) is 10.4. The first-order valence-electron chi connectivity index (χ1n) is 9.61. The first-order chi connectivity index (χ1) is 14.0. The van der Waals surface area contributed by atoms with Crippen molar-refractivity contribution >= 4 is 35.0 Å². The molecule has 162 valence electrons. The molecule has 0 spiro atoms. The van der Waals surface area contributed by atoms with E-state index in [0.29, 0.717) is 21.3 Å². The number of hydrogen-bond acceptors (Lipinski definition) is 5. The highest BCUT2D eigenvalue weighted by atomic mass is 35.5. The van der Waals surface area contributed by atoms with Gasteiger partial charge in [0, 0.05) is 25.6 Å². The van der Waals surface area contributed by atoms with Crippen LogP contribution in [0.2, 0.25) is 10.0 Å². The minimum atomic E-state index is -0.759. The molecule has 1 aromatic heterocycles. The Morgan fingerprint density at radius 2 is 1.90 bits per heavy atom. The molecule has 2 heterocycles. The number of amides is 2. The number of nitrogens with one attached hydrogen (secondary N) is 1. The maximum absolute atomic E-state index is 13.5. The molecule has 0 bridgehead atoms. The van der Waals surface area contributed by atoms with Gasteiger partial charge < -0.3 is 15.3 Å². The topological polar surface area (TPSA) is 100 Å². The molecule has 30 heavy (non-hydrogen) atoms. The Kier molecular flexibility index (Phi) is 6.40. The number of aliphatic hydroxyl groups is 1. The van der Waals surface area contributed by atoms with E-state index in [9.17, 15) is 14.7 Å². The Balaban J connectivity index is 1.99. The molecule has 2 N–H and O–H groups in total. The van der Waals surface area contributed by atoms with Crippen molar-refractivity contribution in [2.45, 2.75) is 45.4 Å². The van der Waals surface area contributed by atoms with Crippen molar-refractivity contribution in [3.8, 4) is 11.3 Å². The van der Waals surface area contributed by atoms with Crippen molar-refractivity contribution in [3.63, 3.8) is 0 Å². The van der Waals surface area contributed by atoms with E-state index >= 15 is 0 Å². The summed E-state index contributed by atoms with van der Waals surface area (Å²) in [7, 11) is 1.51. The molecule has 0 unspecified atom stereocenters. The van der Waals surface area contributed by atoms with Crippen LogP contribution in [0.5, 0.6) is 0 Å². The van der Waals surface area contributed by atoms with Crippen molar-refractivity contribution in [1.29, 1.82) is 0 Å². The highest BCUT2D eigenvalue weighted by molar-refractivity contribution is 6.39. The third-order valence-electron chi connectivity index (χ3n) is 5.16. The van der Waals surface area contributed by atoms with E-state index in [-0.39, 0.29) is 24.8 Å². The van der Waals surface area contributed by atoms with Crippen molar-refractivity contribution in [2.75, 3.05) is 13.6 Å². The molecule has 2 amide bonds. The van der Waals surface area contributed by atoms with Crippen LogP contribution in [0.3, 0.4) is 0 Å². The molecule has 1 saturated heterocycles. The highest BCUT2D eigenvalue weighted by Crippen LogP contribution is 2.37. The summed E-state index contributed by atoms with van der Waals surface area (Å²) in [6.45, 7) is 5.80. The normalized spacial score (nSPS) is 20.3. The highest BCUT2D eigenvalue weighted by Gasteiger charge is 2.45. The number of aliphatic hydroxyl groups excluding tert-OH is 1. The van der Waals surface area contributed by atoms with Gasteiger partial charge in [-0.05, 0) is 17.5 Å². The Hall–Kier alpha value is -2.16. The maximum Gasteiger partial charge on any atom is 0.248 e. The molecule has 0 saturated carbocycles. The van der Waals surface area contributed by atoms with Crippen LogP contribution >= 0.6 is 23.2 Å². The number of halogens is 2.